The van der Waals surface area contributed by atoms with E-state index in [4.69, 9.17) is 4.74 Å². The molecule has 0 aliphatic carbocycles. The summed E-state index contributed by atoms with van der Waals surface area (Å²) in [5.41, 5.74) is 1.05. The third kappa shape index (κ3) is 6.89. The maximum atomic E-state index is 14.2. The van der Waals surface area contributed by atoms with E-state index >= 15 is 0 Å². The standard InChI is InChI=1S/C23H28F3N3O2/c1-28-11-8-20(9-12-28)27-23(30)29(16-18-4-5-19(25)14-22(18)26)15-17-2-6-21(7-3-17)31-13-10-24/h2-7,14,20H,8-13,15-16H2,1H3,(H,27,30). The van der Waals surface area contributed by atoms with Crippen LogP contribution in [0.1, 0.15) is 24.0 Å². The molecule has 1 heterocycles. The number of nitrogens with zero attached hydrogens (tertiary/aromatic N) is 2. The van der Waals surface area contributed by atoms with Gasteiger partial charge >= 0.3 is 6.03 Å². The highest BCUT2D eigenvalue weighted by atomic mass is 19.1. The van der Waals surface area contributed by atoms with Crippen molar-refractivity contribution < 1.29 is 22.7 Å². The first-order valence-electron chi connectivity index (χ1n) is 10.4. The zero-order valence-corrected chi connectivity index (χ0v) is 17.6. The molecule has 5 nitrogen and oxygen atoms in total. The van der Waals surface area contributed by atoms with E-state index in [2.05, 4.69) is 10.2 Å². The summed E-state index contributed by atoms with van der Waals surface area (Å²) < 4.78 is 45.0. The van der Waals surface area contributed by atoms with Gasteiger partial charge in [-0.1, -0.05) is 18.2 Å². The SMILES string of the molecule is CN1CCC(NC(=O)N(Cc2ccc(OCCF)cc2)Cc2ccc(F)cc2F)CC1. The number of hydrogen-bond acceptors (Lipinski definition) is 3. The first-order valence-corrected chi connectivity index (χ1v) is 10.4. The van der Waals surface area contributed by atoms with Gasteiger partial charge in [0.25, 0.3) is 0 Å². The number of amides is 2. The molecule has 1 N–H and O–H groups in total. The minimum Gasteiger partial charge on any atom is -0.491 e. The van der Waals surface area contributed by atoms with Crippen molar-refractivity contribution in [2.75, 3.05) is 33.4 Å². The number of carbonyl (C=O) groups excluding carboxylic acids is 1. The number of benzene rings is 2. The number of likely N-dealkylation sites (tertiary alicyclic amines) is 1. The van der Waals surface area contributed by atoms with Gasteiger partial charge in [0.2, 0.25) is 0 Å². The Bertz CT molecular complexity index is 856. The summed E-state index contributed by atoms with van der Waals surface area (Å²) in [5.74, 6) is -0.812. The third-order valence-corrected chi connectivity index (χ3v) is 5.35. The molecule has 1 aliphatic rings. The van der Waals surface area contributed by atoms with Crippen LogP contribution in [0.4, 0.5) is 18.0 Å². The molecular formula is C23H28F3N3O2. The molecule has 1 fully saturated rings. The van der Waals surface area contributed by atoms with E-state index in [1.54, 1.807) is 24.3 Å². The molecule has 8 heteroatoms. The molecule has 168 valence electrons. The molecule has 3 rings (SSSR count). The topological polar surface area (TPSA) is 44.8 Å². The van der Waals surface area contributed by atoms with Crippen LogP contribution in [0.25, 0.3) is 0 Å². The van der Waals surface area contributed by atoms with Crippen molar-refractivity contribution in [3.8, 4) is 5.75 Å². The summed E-state index contributed by atoms with van der Waals surface area (Å²) in [7, 11) is 2.04. The number of ether oxygens (including phenoxy) is 1. The van der Waals surface area contributed by atoms with E-state index in [1.165, 1.54) is 17.0 Å². The Balaban J connectivity index is 1.72. The number of carbonyl (C=O) groups is 1. The summed E-state index contributed by atoms with van der Waals surface area (Å²) in [5, 5.41) is 3.05. The third-order valence-electron chi connectivity index (χ3n) is 5.35. The van der Waals surface area contributed by atoms with Crippen molar-refractivity contribution in [1.82, 2.24) is 15.1 Å². The van der Waals surface area contributed by atoms with E-state index in [1.807, 2.05) is 7.05 Å². The fourth-order valence-electron chi connectivity index (χ4n) is 3.54. The number of urea groups is 1. The highest BCUT2D eigenvalue weighted by Crippen LogP contribution is 2.18. The van der Waals surface area contributed by atoms with E-state index in [-0.39, 0.29) is 37.3 Å². The summed E-state index contributed by atoms with van der Waals surface area (Å²) in [6.07, 6.45) is 1.70. The van der Waals surface area contributed by atoms with Crippen molar-refractivity contribution in [2.45, 2.75) is 32.0 Å². The van der Waals surface area contributed by atoms with Crippen LogP contribution < -0.4 is 10.1 Å². The maximum Gasteiger partial charge on any atom is 0.318 e. The van der Waals surface area contributed by atoms with Crippen LogP contribution in [0, 0.1) is 11.6 Å². The van der Waals surface area contributed by atoms with Crippen LogP contribution in [0.3, 0.4) is 0 Å². The number of rotatable bonds is 8. The number of halogens is 3. The predicted molar refractivity (Wildman–Crippen MR) is 113 cm³/mol. The van der Waals surface area contributed by atoms with E-state index in [0.29, 0.717) is 5.75 Å². The van der Waals surface area contributed by atoms with E-state index in [0.717, 1.165) is 37.6 Å². The number of alkyl halides is 1. The molecular weight excluding hydrogens is 407 g/mol. The van der Waals surface area contributed by atoms with Crippen LogP contribution >= 0.6 is 0 Å². The number of piperidine rings is 1. The lowest BCUT2D eigenvalue weighted by Gasteiger charge is -2.32. The van der Waals surface area contributed by atoms with Crippen molar-refractivity contribution in [3.05, 3.63) is 65.2 Å². The van der Waals surface area contributed by atoms with Crippen molar-refractivity contribution in [1.29, 1.82) is 0 Å². The van der Waals surface area contributed by atoms with Gasteiger partial charge in [0.05, 0.1) is 6.54 Å². The Morgan fingerprint density at radius 1 is 1.13 bits per heavy atom. The van der Waals surface area contributed by atoms with Gasteiger partial charge in [0.15, 0.2) is 0 Å². The van der Waals surface area contributed by atoms with Crippen LogP contribution in [-0.4, -0.2) is 55.3 Å². The zero-order chi connectivity index (χ0) is 22.2. The summed E-state index contributed by atoms with van der Waals surface area (Å²) >= 11 is 0. The monoisotopic (exact) mass is 435 g/mol. The van der Waals surface area contributed by atoms with E-state index < -0.39 is 18.3 Å². The molecule has 2 amide bonds. The summed E-state index contributed by atoms with van der Waals surface area (Å²) in [4.78, 5) is 16.7. The van der Waals surface area contributed by atoms with Crippen LogP contribution in [0.15, 0.2) is 42.5 Å². The molecule has 1 saturated heterocycles. The van der Waals surface area contributed by atoms with Gasteiger partial charge in [0.1, 0.15) is 30.7 Å². The van der Waals surface area contributed by atoms with Crippen LogP contribution in [0.2, 0.25) is 0 Å². The molecule has 0 atom stereocenters. The molecule has 0 bridgehead atoms. The van der Waals surface area contributed by atoms with Crippen molar-refractivity contribution in [2.24, 2.45) is 0 Å². The molecule has 0 aromatic heterocycles. The smallest absolute Gasteiger partial charge is 0.318 e. The number of hydrogen-bond donors (Lipinski definition) is 1. The van der Waals surface area contributed by atoms with Crippen molar-refractivity contribution >= 4 is 6.03 Å². The molecule has 0 radical (unpaired) electrons. The Morgan fingerprint density at radius 2 is 1.84 bits per heavy atom. The van der Waals surface area contributed by atoms with Gasteiger partial charge in [-0.25, -0.2) is 18.0 Å². The molecule has 2 aromatic carbocycles. The quantitative estimate of drug-likeness (QED) is 0.679. The van der Waals surface area contributed by atoms with Crippen LogP contribution in [-0.2, 0) is 13.1 Å². The lowest BCUT2D eigenvalue weighted by Crippen LogP contribution is -2.48. The molecule has 0 saturated carbocycles. The minimum atomic E-state index is -0.688. The predicted octanol–water partition coefficient (Wildman–Crippen LogP) is 4.12. The second kappa shape index (κ2) is 11.0. The average Bonchev–Trinajstić information content (AvgIpc) is 2.76. The first kappa shape index (κ1) is 22.9. The highest BCUT2D eigenvalue weighted by Gasteiger charge is 2.23. The van der Waals surface area contributed by atoms with E-state index in [9.17, 15) is 18.0 Å². The first-order chi connectivity index (χ1) is 14.9. The lowest BCUT2D eigenvalue weighted by atomic mass is 10.1. The zero-order valence-electron chi connectivity index (χ0n) is 17.6. The highest BCUT2D eigenvalue weighted by molar-refractivity contribution is 5.74. The molecule has 0 unspecified atom stereocenters. The maximum absolute atomic E-state index is 14.2. The normalized spacial score (nSPS) is 15.0. The fourth-order valence-corrected chi connectivity index (χ4v) is 3.54. The average molecular weight is 435 g/mol. The second-order valence-corrected chi connectivity index (χ2v) is 7.80. The lowest BCUT2D eigenvalue weighted by molar-refractivity contribution is 0.175. The summed E-state index contributed by atoms with van der Waals surface area (Å²) in [6.45, 7) is 1.45. The summed E-state index contributed by atoms with van der Waals surface area (Å²) in [6, 6.07) is 10.1. The van der Waals surface area contributed by atoms with Crippen molar-refractivity contribution in [3.63, 3.8) is 0 Å². The molecule has 31 heavy (non-hydrogen) atoms. The minimum absolute atomic E-state index is 0.00464. The Hall–Kier alpha value is -2.74. The van der Waals surface area contributed by atoms with Gasteiger partial charge in [-0.2, -0.15) is 0 Å². The van der Waals surface area contributed by atoms with Gasteiger partial charge < -0.3 is 19.9 Å². The van der Waals surface area contributed by atoms with Gasteiger partial charge in [-0.15, -0.1) is 0 Å². The number of nitrogens with one attached hydrogen (secondary N) is 1. The van der Waals surface area contributed by atoms with Crippen LogP contribution in [0.5, 0.6) is 5.75 Å². The molecule has 2 aromatic rings. The Morgan fingerprint density at radius 3 is 2.48 bits per heavy atom. The molecule has 1 aliphatic heterocycles. The Labute approximate surface area is 180 Å². The fraction of sp³-hybridized carbons (Fsp3) is 0.435. The second-order valence-electron chi connectivity index (χ2n) is 7.80. The van der Waals surface area contributed by atoms with Gasteiger partial charge in [-0.05, 0) is 56.7 Å². The van der Waals surface area contributed by atoms with Gasteiger partial charge in [0, 0.05) is 24.2 Å². The molecule has 0 spiro atoms. The largest absolute Gasteiger partial charge is 0.491 e. The Kier molecular flexibility index (Phi) is 8.17. The van der Waals surface area contributed by atoms with Gasteiger partial charge in [-0.3, -0.25) is 0 Å².